The molecule has 3 rings (SSSR count). The van der Waals surface area contributed by atoms with Crippen LogP contribution in [-0.2, 0) is 11.3 Å². The number of nitrogens with one attached hydrogen (secondary N) is 1. The van der Waals surface area contributed by atoms with Crippen molar-refractivity contribution in [3.8, 4) is 0 Å². The lowest BCUT2D eigenvalue weighted by molar-refractivity contribution is -0.135. The highest BCUT2D eigenvalue weighted by Gasteiger charge is 2.27. The molecule has 0 spiro atoms. The van der Waals surface area contributed by atoms with Gasteiger partial charge in [0.1, 0.15) is 0 Å². The summed E-state index contributed by atoms with van der Waals surface area (Å²) in [5.41, 5.74) is 1.10. The Labute approximate surface area is 160 Å². The van der Waals surface area contributed by atoms with E-state index in [0.29, 0.717) is 30.7 Å². The van der Waals surface area contributed by atoms with E-state index in [1.807, 2.05) is 29.2 Å². The van der Waals surface area contributed by atoms with E-state index in [9.17, 15) is 4.79 Å². The van der Waals surface area contributed by atoms with E-state index in [0.717, 1.165) is 31.2 Å². The lowest BCUT2D eigenvalue weighted by atomic mass is 10.2. The number of rotatable bonds is 4. The largest absolute Gasteiger partial charge is 0.355 e. The minimum atomic E-state index is 0.132. The molecule has 2 aliphatic heterocycles. The monoisotopic (exact) mass is 377 g/mol. The van der Waals surface area contributed by atoms with Crippen LogP contribution in [0.3, 0.4) is 0 Å². The van der Waals surface area contributed by atoms with Gasteiger partial charge in [-0.25, -0.2) is 0 Å². The summed E-state index contributed by atoms with van der Waals surface area (Å²) >= 11 is 5.93. The van der Waals surface area contributed by atoms with Crippen molar-refractivity contribution < 1.29 is 4.79 Å². The zero-order chi connectivity index (χ0) is 18.5. The van der Waals surface area contributed by atoms with E-state index in [1.165, 1.54) is 12.8 Å². The van der Waals surface area contributed by atoms with Crippen LogP contribution in [0.25, 0.3) is 0 Å². The highest BCUT2D eigenvalue weighted by Crippen LogP contribution is 2.15. The summed E-state index contributed by atoms with van der Waals surface area (Å²) in [5, 5.41) is 4.17. The Bertz CT molecular complexity index is 648. The Kier molecular flexibility index (Phi) is 6.38. The summed E-state index contributed by atoms with van der Waals surface area (Å²) in [6, 6.07) is 8.22. The van der Waals surface area contributed by atoms with Crippen molar-refractivity contribution in [1.29, 1.82) is 0 Å². The van der Waals surface area contributed by atoms with Crippen molar-refractivity contribution in [2.45, 2.75) is 25.4 Å². The Morgan fingerprint density at radius 3 is 2.65 bits per heavy atom. The van der Waals surface area contributed by atoms with Gasteiger partial charge in [-0.1, -0.05) is 23.7 Å². The molecule has 1 aromatic carbocycles. The van der Waals surface area contributed by atoms with E-state index in [4.69, 9.17) is 11.6 Å². The average Bonchev–Trinajstić information content (AvgIpc) is 3.04. The van der Waals surface area contributed by atoms with Gasteiger partial charge in [0.25, 0.3) is 0 Å². The molecule has 1 aromatic rings. The van der Waals surface area contributed by atoms with Gasteiger partial charge in [-0.2, -0.15) is 0 Å². The fourth-order valence-electron chi connectivity index (χ4n) is 3.65. The van der Waals surface area contributed by atoms with Crippen LogP contribution in [0.2, 0.25) is 5.02 Å². The Balaban J connectivity index is 1.51. The Hall–Kier alpha value is -1.79. The van der Waals surface area contributed by atoms with E-state index < -0.39 is 0 Å². The molecule has 2 aliphatic rings. The van der Waals surface area contributed by atoms with Crippen LogP contribution < -0.4 is 5.32 Å². The molecule has 26 heavy (non-hydrogen) atoms. The molecule has 1 amide bonds. The van der Waals surface area contributed by atoms with Gasteiger partial charge >= 0.3 is 0 Å². The predicted octanol–water partition coefficient (Wildman–Crippen LogP) is 1.65. The summed E-state index contributed by atoms with van der Waals surface area (Å²) in [4.78, 5) is 23.3. The van der Waals surface area contributed by atoms with Gasteiger partial charge in [0, 0.05) is 44.3 Å². The number of halogens is 1. The van der Waals surface area contributed by atoms with Gasteiger partial charge < -0.3 is 20.0 Å². The summed E-state index contributed by atoms with van der Waals surface area (Å²) < 4.78 is 0. The summed E-state index contributed by atoms with van der Waals surface area (Å²) in [6.45, 7) is 4.52. The maximum atomic E-state index is 12.6. The van der Waals surface area contributed by atoms with Crippen LogP contribution in [0, 0.1) is 0 Å². The second-order valence-electron chi connectivity index (χ2n) is 7.07. The first-order valence-corrected chi connectivity index (χ1v) is 9.62. The molecule has 0 bridgehead atoms. The normalized spacial score (nSPS) is 22.2. The highest BCUT2D eigenvalue weighted by molar-refractivity contribution is 6.30. The van der Waals surface area contributed by atoms with Gasteiger partial charge in [0.05, 0.1) is 6.54 Å². The molecule has 6 nitrogen and oxygen atoms in total. The molecular weight excluding hydrogens is 350 g/mol. The molecule has 0 radical (unpaired) electrons. The Morgan fingerprint density at radius 1 is 1.27 bits per heavy atom. The van der Waals surface area contributed by atoms with Crippen molar-refractivity contribution in [2.24, 2.45) is 4.99 Å². The molecule has 1 atom stereocenters. The van der Waals surface area contributed by atoms with Gasteiger partial charge in [0.15, 0.2) is 5.96 Å². The number of piperazine rings is 1. The van der Waals surface area contributed by atoms with Gasteiger partial charge in [-0.15, -0.1) is 0 Å². The number of nitrogens with zero attached hydrogens (tertiary/aromatic N) is 4. The first-order valence-electron chi connectivity index (χ1n) is 9.25. The number of hydrogen-bond acceptors (Lipinski definition) is 3. The lowest BCUT2D eigenvalue weighted by Gasteiger charge is -2.36. The number of guanidine groups is 1. The molecule has 2 fully saturated rings. The first-order chi connectivity index (χ1) is 12.6. The topological polar surface area (TPSA) is 51.2 Å². The molecule has 1 N–H and O–H groups in total. The number of aliphatic imine (C=N–C) groups is 1. The standard InChI is InChI=1S/C19H28ClN5O/c1-21-19(22-12-17-4-3-9-23(17)2)25-11-10-24(18(26)14-25)13-15-5-7-16(20)8-6-15/h5-8,17H,3-4,9-14H2,1-2H3,(H,21,22). The number of amides is 1. The molecule has 7 heteroatoms. The molecule has 1 unspecified atom stereocenters. The van der Waals surface area contributed by atoms with Crippen molar-refractivity contribution >= 4 is 23.5 Å². The maximum Gasteiger partial charge on any atom is 0.242 e. The van der Waals surface area contributed by atoms with E-state index in [2.05, 4.69) is 27.2 Å². The van der Waals surface area contributed by atoms with Crippen molar-refractivity contribution in [3.63, 3.8) is 0 Å². The number of likely N-dealkylation sites (tertiary alicyclic amines) is 1. The van der Waals surface area contributed by atoms with E-state index in [-0.39, 0.29) is 5.91 Å². The minimum Gasteiger partial charge on any atom is -0.355 e. The molecule has 0 aliphatic carbocycles. The minimum absolute atomic E-state index is 0.132. The van der Waals surface area contributed by atoms with Gasteiger partial charge in [-0.05, 0) is 44.1 Å². The smallest absolute Gasteiger partial charge is 0.242 e. The summed E-state index contributed by atoms with van der Waals surface area (Å²) in [6.07, 6.45) is 2.47. The van der Waals surface area contributed by atoms with Crippen LogP contribution in [0.1, 0.15) is 18.4 Å². The van der Waals surface area contributed by atoms with E-state index in [1.54, 1.807) is 7.05 Å². The van der Waals surface area contributed by atoms with Crippen LogP contribution in [-0.4, -0.2) is 79.4 Å². The number of likely N-dealkylation sites (N-methyl/N-ethyl adjacent to an activating group) is 1. The number of carbonyl (C=O) groups excluding carboxylic acids is 1. The summed E-state index contributed by atoms with van der Waals surface area (Å²) in [5.74, 6) is 0.955. The van der Waals surface area contributed by atoms with Crippen LogP contribution >= 0.6 is 11.6 Å². The van der Waals surface area contributed by atoms with Crippen molar-refractivity contribution in [1.82, 2.24) is 20.0 Å². The highest BCUT2D eigenvalue weighted by atomic mass is 35.5. The quantitative estimate of drug-likeness (QED) is 0.640. The fourth-order valence-corrected chi connectivity index (χ4v) is 3.77. The van der Waals surface area contributed by atoms with Crippen LogP contribution in [0.15, 0.2) is 29.3 Å². The molecule has 142 valence electrons. The van der Waals surface area contributed by atoms with Crippen LogP contribution in [0.5, 0.6) is 0 Å². The number of carbonyl (C=O) groups is 1. The fraction of sp³-hybridized carbons (Fsp3) is 0.579. The number of benzene rings is 1. The molecule has 2 saturated heterocycles. The SMILES string of the molecule is CN=C(NCC1CCCN1C)N1CCN(Cc2ccc(Cl)cc2)C(=O)C1. The third-order valence-electron chi connectivity index (χ3n) is 5.28. The third-order valence-corrected chi connectivity index (χ3v) is 5.54. The lowest BCUT2D eigenvalue weighted by Crippen LogP contribution is -2.55. The second kappa shape index (κ2) is 8.73. The van der Waals surface area contributed by atoms with E-state index >= 15 is 0 Å². The zero-order valence-corrected chi connectivity index (χ0v) is 16.4. The molecular formula is C19H28ClN5O. The predicted molar refractivity (Wildman–Crippen MR) is 105 cm³/mol. The molecule has 0 saturated carbocycles. The summed E-state index contributed by atoms with van der Waals surface area (Å²) in [7, 11) is 3.95. The number of hydrogen-bond donors (Lipinski definition) is 1. The van der Waals surface area contributed by atoms with Crippen molar-refractivity contribution in [2.75, 3.05) is 46.8 Å². The molecule has 2 heterocycles. The van der Waals surface area contributed by atoms with Gasteiger partial charge in [-0.3, -0.25) is 9.79 Å². The Morgan fingerprint density at radius 2 is 2.04 bits per heavy atom. The third kappa shape index (κ3) is 4.68. The maximum absolute atomic E-state index is 12.6. The molecule has 0 aromatic heterocycles. The second-order valence-corrected chi connectivity index (χ2v) is 7.50. The van der Waals surface area contributed by atoms with Crippen molar-refractivity contribution in [3.05, 3.63) is 34.9 Å². The first kappa shape index (κ1) is 19.0. The average molecular weight is 378 g/mol. The van der Waals surface area contributed by atoms with Gasteiger partial charge in [0.2, 0.25) is 5.91 Å². The van der Waals surface area contributed by atoms with Crippen LogP contribution in [0.4, 0.5) is 0 Å². The zero-order valence-electron chi connectivity index (χ0n) is 15.6.